The van der Waals surface area contributed by atoms with Crippen molar-refractivity contribution >= 4 is 44.0 Å². The fraction of sp³-hybridized carbons (Fsp3) is 0.316. The number of hydrogen-bond donors (Lipinski definition) is 1. The lowest BCUT2D eigenvalue weighted by Crippen LogP contribution is -2.30. The van der Waals surface area contributed by atoms with Crippen LogP contribution in [-0.2, 0) is 23.0 Å². The van der Waals surface area contributed by atoms with Crippen LogP contribution in [0.4, 0.5) is 5.13 Å². The molecule has 1 amide bonds. The van der Waals surface area contributed by atoms with Crippen molar-refractivity contribution in [3.63, 3.8) is 0 Å². The lowest BCUT2D eigenvalue weighted by Gasteiger charge is -2.20. The minimum atomic E-state index is -3.68. The predicted molar refractivity (Wildman–Crippen MR) is 117 cm³/mol. The Labute approximate surface area is 183 Å². The number of nitrogens with one attached hydrogen (secondary N) is 1. The average molecular weight is 469 g/mol. The van der Waals surface area contributed by atoms with Gasteiger partial charge >= 0.3 is 0 Å². The highest BCUT2D eigenvalue weighted by Gasteiger charge is 2.22. The van der Waals surface area contributed by atoms with E-state index < -0.39 is 15.9 Å². The highest BCUT2D eigenvalue weighted by molar-refractivity contribution is 7.89. The number of aromatic nitrogens is 2. The van der Waals surface area contributed by atoms with Crippen molar-refractivity contribution in [1.29, 1.82) is 0 Å². The van der Waals surface area contributed by atoms with E-state index in [1.165, 1.54) is 11.3 Å². The summed E-state index contributed by atoms with van der Waals surface area (Å²) >= 11 is 7.28. The Kier molecular flexibility index (Phi) is 6.79. The summed E-state index contributed by atoms with van der Waals surface area (Å²) in [7, 11) is -3.68. The number of carbonyl (C=O) groups excluding carboxylic acids is 1. The fourth-order valence-electron chi connectivity index (χ4n) is 2.79. The van der Waals surface area contributed by atoms with Crippen molar-refractivity contribution in [1.82, 2.24) is 14.9 Å². The standard InChI is InChI=1S/C19H21ClN4O4S2/c1-12-10-16(22-28-12)11-24(9-8-14-4-6-15(20)7-5-14)19-21-17(13(2)29-19)18(25)23-30(3,26)27/h4-7,10H,8-9,11H2,1-3H3,(H,23,25). The molecule has 0 saturated heterocycles. The number of amides is 1. The van der Waals surface area contributed by atoms with E-state index in [9.17, 15) is 13.2 Å². The maximum Gasteiger partial charge on any atom is 0.284 e. The maximum absolute atomic E-state index is 12.3. The van der Waals surface area contributed by atoms with Gasteiger partial charge in [0, 0.05) is 22.5 Å². The predicted octanol–water partition coefficient (Wildman–Crippen LogP) is 3.34. The molecule has 0 atom stereocenters. The number of halogens is 1. The summed E-state index contributed by atoms with van der Waals surface area (Å²) < 4.78 is 29.9. The van der Waals surface area contributed by atoms with Crippen molar-refractivity contribution in [2.45, 2.75) is 26.8 Å². The Bertz CT molecular complexity index is 1140. The van der Waals surface area contributed by atoms with Crippen LogP contribution >= 0.6 is 22.9 Å². The average Bonchev–Trinajstić information content (AvgIpc) is 3.24. The molecule has 0 unspecified atom stereocenters. The third kappa shape index (κ3) is 6.04. The van der Waals surface area contributed by atoms with Gasteiger partial charge in [-0.3, -0.25) is 4.79 Å². The molecule has 1 aromatic carbocycles. The van der Waals surface area contributed by atoms with Gasteiger partial charge in [0.05, 0.1) is 12.8 Å². The zero-order valence-electron chi connectivity index (χ0n) is 16.7. The quantitative estimate of drug-likeness (QED) is 0.540. The highest BCUT2D eigenvalue weighted by atomic mass is 35.5. The Morgan fingerprint density at radius 3 is 2.57 bits per heavy atom. The zero-order valence-corrected chi connectivity index (χ0v) is 19.1. The number of hydrogen-bond acceptors (Lipinski definition) is 8. The normalized spacial score (nSPS) is 11.5. The van der Waals surface area contributed by atoms with Crippen molar-refractivity contribution in [2.24, 2.45) is 0 Å². The van der Waals surface area contributed by atoms with E-state index >= 15 is 0 Å². The first kappa shape index (κ1) is 22.3. The van der Waals surface area contributed by atoms with Gasteiger partial charge in [-0.1, -0.05) is 28.9 Å². The minimum absolute atomic E-state index is 0.0910. The number of carbonyl (C=O) groups is 1. The van der Waals surface area contributed by atoms with E-state index in [1.807, 2.05) is 46.9 Å². The molecule has 3 aromatic rings. The van der Waals surface area contributed by atoms with E-state index in [4.69, 9.17) is 16.1 Å². The maximum atomic E-state index is 12.3. The largest absolute Gasteiger partial charge is 0.361 e. The lowest BCUT2D eigenvalue weighted by molar-refractivity contribution is 0.0977. The molecular formula is C19H21ClN4O4S2. The number of thiazole rings is 1. The minimum Gasteiger partial charge on any atom is -0.361 e. The molecule has 0 bridgehead atoms. The van der Waals surface area contributed by atoms with Crippen LogP contribution in [0.5, 0.6) is 0 Å². The first-order valence-electron chi connectivity index (χ1n) is 9.02. The number of benzene rings is 1. The van der Waals surface area contributed by atoms with E-state index in [-0.39, 0.29) is 5.69 Å². The summed E-state index contributed by atoms with van der Waals surface area (Å²) in [6.07, 6.45) is 1.65. The van der Waals surface area contributed by atoms with E-state index in [0.717, 1.165) is 23.9 Å². The lowest BCUT2D eigenvalue weighted by atomic mass is 10.1. The molecule has 11 heteroatoms. The Balaban J connectivity index is 1.84. The zero-order chi connectivity index (χ0) is 21.9. The van der Waals surface area contributed by atoms with Crippen molar-refractivity contribution < 1.29 is 17.7 Å². The van der Waals surface area contributed by atoms with Gasteiger partial charge in [0.1, 0.15) is 17.1 Å². The molecule has 0 fully saturated rings. The molecular weight excluding hydrogens is 448 g/mol. The summed E-state index contributed by atoms with van der Waals surface area (Å²) in [6, 6.07) is 9.43. The van der Waals surface area contributed by atoms with E-state index in [2.05, 4.69) is 10.1 Å². The molecule has 0 radical (unpaired) electrons. The molecule has 0 spiro atoms. The molecule has 160 valence electrons. The van der Waals surface area contributed by atoms with Crippen LogP contribution in [0.3, 0.4) is 0 Å². The highest BCUT2D eigenvalue weighted by Crippen LogP contribution is 2.27. The molecule has 3 rings (SSSR count). The molecule has 0 saturated carbocycles. The molecule has 0 aliphatic heterocycles. The SMILES string of the molecule is Cc1cc(CN(CCc2ccc(Cl)cc2)c2nc(C(=O)NS(C)(=O)=O)c(C)s2)no1. The van der Waals surface area contributed by atoms with Gasteiger partial charge in [0.25, 0.3) is 5.91 Å². The summed E-state index contributed by atoms with van der Waals surface area (Å²) in [5.74, 6) is -0.0429. The summed E-state index contributed by atoms with van der Waals surface area (Å²) in [6.45, 7) is 4.59. The van der Waals surface area contributed by atoms with Crippen LogP contribution in [0.25, 0.3) is 0 Å². The van der Waals surface area contributed by atoms with Crippen molar-refractivity contribution in [3.8, 4) is 0 Å². The third-order valence-corrected chi connectivity index (χ3v) is 6.00. The van der Waals surface area contributed by atoms with Crippen LogP contribution in [-0.4, -0.2) is 37.3 Å². The van der Waals surface area contributed by atoms with Crippen LogP contribution in [0.2, 0.25) is 5.02 Å². The molecule has 2 heterocycles. The molecule has 2 aromatic heterocycles. The second-order valence-electron chi connectivity index (χ2n) is 6.83. The molecule has 0 aliphatic rings. The van der Waals surface area contributed by atoms with Gasteiger partial charge in [-0.25, -0.2) is 18.1 Å². The first-order valence-corrected chi connectivity index (χ1v) is 12.1. The second-order valence-corrected chi connectivity index (χ2v) is 10.2. The Morgan fingerprint density at radius 1 is 1.27 bits per heavy atom. The molecule has 0 aliphatic carbocycles. The summed E-state index contributed by atoms with van der Waals surface area (Å²) in [5, 5.41) is 5.31. The molecule has 8 nitrogen and oxygen atoms in total. The van der Waals surface area contributed by atoms with Gasteiger partial charge in [-0.2, -0.15) is 0 Å². The Morgan fingerprint density at radius 2 is 1.97 bits per heavy atom. The van der Waals surface area contributed by atoms with Gasteiger partial charge in [-0.15, -0.1) is 11.3 Å². The van der Waals surface area contributed by atoms with Crippen LogP contribution in [0.1, 0.15) is 32.4 Å². The number of aryl methyl sites for hydroxylation is 2. The van der Waals surface area contributed by atoms with Gasteiger partial charge in [0.2, 0.25) is 10.0 Å². The van der Waals surface area contributed by atoms with Crippen molar-refractivity contribution in [2.75, 3.05) is 17.7 Å². The van der Waals surface area contributed by atoms with E-state index in [0.29, 0.717) is 33.9 Å². The number of anilines is 1. The van der Waals surface area contributed by atoms with Gasteiger partial charge in [0.15, 0.2) is 5.13 Å². The van der Waals surface area contributed by atoms with Gasteiger partial charge in [-0.05, 0) is 38.0 Å². The van der Waals surface area contributed by atoms with Gasteiger partial charge < -0.3 is 9.42 Å². The molecule has 30 heavy (non-hydrogen) atoms. The topological polar surface area (TPSA) is 105 Å². The fourth-order valence-corrected chi connectivity index (χ4v) is 4.28. The number of rotatable bonds is 8. The number of nitrogens with zero attached hydrogens (tertiary/aromatic N) is 3. The molecule has 1 N–H and O–H groups in total. The first-order chi connectivity index (χ1) is 14.1. The Hall–Kier alpha value is -2.43. The van der Waals surface area contributed by atoms with Crippen LogP contribution in [0.15, 0.2) is 34.9 Å². The van der Waals surface area contributed by atoms with Crippen LogP contribution in [0, 0.1) is 13.8 Å². The summed E-state index contributed by atoms with van der Waals surface area (Å²) in [4.78, 5) is 19.3. The van der Waals surface area contributed by atoms with Crippen molar-refractivity contribution in [3.05, 3.63) is 62.9 Å². The number of sulfonamides is 1. The smallest absolute Gasteiger partial charge is 0.284 e. The summed E-state index contributed by atoms with van der Waals surface area (Å²) in [5.41, 5.74) is 1.93. The van der Waals surface area contributed by atoms with Crippen LogP contribution < -0.4 is 9.62 Å². The second kappa shape index (κ2) is 9.15. The third-order valence-electron chi connectivity index (χ3n) is 4.16. The van der Waals surface area contributed by atoms with E-state index in [1.54, 1.807) is 6.92 Å². The monoisotopic (exact) mass is 468 g/mol.